The zero-order valence-corrected chi connectivity index (χ0v) is 25.2. The molecule has 3 atom stereocenters. The molecule has 11 nitrogen and oxygen atoms in total. The standard InChI is InChI=1S/C29H38N5O6P/c1-7-37-18-24-32-25-26(22-15-11-12-16-23(22)31-27(25)30)34(24)19(2)17-38-41(36,40-21-13-9-8-10-14-21)33-20(3)28(35)39-29(4,5)6/h8-16,19-20H,7,17-18H2,1-6H3,(H2,30,31)(H,33,36)/t19-,20+,41?/m1/s1. The van der Waals surface area contributed by atoms with E-state index in [1.165, 1.54) is 0 Å². The van der Waals surface area contributed by atoms with Crippen LogP contribution in [0, 0.1) is 0 Å². The van der Waals surface area contributed by atoms with Crippen molar-refractivity contribution in [2.24, 2.45) is 0 Å². The second-order valence-corrected chi connectivity index (χ2v) is 12.4. The summed E-state index contributed by atoms with van der Waals surface area (Å²) in [5, 5.41) is 3.61. The van der Waals surface area contributed by atoms with Gasteiger partial charge in [-0.3, -0.25) is 9.32 Å². The highest BCUT2D eigenvalue weighted by atomic mass is 31.2. The van der Waals surface area contributed by atoms with Crippen LogP contribution in [0.2, 0.25) is 0 Å². The molecule has 0 aliphatic heterocycles. The van der Waals surface area contributed by atoms with Crippen LogP contribution in [0.25, 0.3) is 21.9 Å². The Labute approximate surface area is 239 Å². The second-order valence-electron chi connectivity index (χ2n) is 10.7. The number of aromatic nitrogens is 3. The minimum atomic E-state index is -4.08. The molecule has 2 heterocycles. The van der Waals surface area contributed by atoms with E-state index in [1.807, 2.05) is 48.7 Å². The Bertz CT molecular complexity index is 1550. The van der Waals surface area contributed by atoms with Crippen LogP contribution in [0.4, 0.5) is 5.82 Å². The molecule has 1 unspecified atom stereocenters. The lowest BCUT2D eigenvalue weighted by Gasteiger charge is -2.27. The molecule has 41 heavy (non-hydrogen) atoms. The number of benzene rings is 2. The molecule has 2 aromatic carbocycles. The van der Waals surface area contributed by atoms with Gasteiger partial charge in [-0.1, -0.05) is 36.4 Å². The van der Waals surface area contributed by atoms with Gasteiger partial charge in [-0.2, -0.15) is 5.09 Å². The Balaban J connectivity index is 1.68. The molecule has 2 aromatic heterocycles. The number of pyridine rings is 1. The topological polar surface area (TPSA) is 140 Å². The molecule has 0 fully saturated rings. The highest BCUT2D eigenvalue weighted by Crippen LogP contribution is 2.46. The number of nitrogen functional groups attached to an aromatic ring is 1. The van der Waals surface area contributed by atoms with Gasteiger partial charge in [0.2, 0.25) is 0 Å². The van der Waals surface area contributed by atoms with E-state index in [-0.39, 0.29) is 13.2 Å². The first-order valence-corrected chi connectivity index (χ1v) is 15.1. The van der Waals surface area contributed by atoms with Gasteiger partial charge in [0.05, 0.1) is 23.7 Å². The maximum atomic E-state index is 14.1. The number of ether oxygens (including phenoxy) is 2. The number of carbonyl (C=O) groups is 1. The van der Waals surface area contributed by atoms with Crippen molar-refractivity contribution in [3.8, 4) is 5.75 Å². The molecule has 0 aliphatic carbocycles. The summed E-state index contributed by atoms with van der Waals surface area (Å²) in [6, 6.07) is 14.9. The van der Waals surface area contributed by atoms with Crippen LogP contribution in [0.5, 0.6) is 5.75 Å². The van der Waals surface area contributed by atoms with Gasteiger partial charge in [-0.15, -0.1) is 0 Å². The summed E-state index contributed by atoms with van der Waals surface area (Å²) < 4.78 is 39.0. The van der Waals surface area contributed by atoms with Crippen molar-refractivity contribution in [2.45, 2.75) is 65.8 Å². The zero-order chi connectivity index (χ0) is 29.8. The van der Waals surface area contributed by atoms with Crippen LogP contribution < -0.4 is 15.3 Å². The Kier molecular flexibility index (Phi) is 9.34. The number of hydrogen-bond acceptors (Lipinski definition) is 9. The molecule has 0 saturated carbocycles. The quantitative estimate of drug-likeness (QED) is 0.156. The SMILES string of the molecule is CCOCc1nc2c(N)nc3ccccc3c2n1[C@H](C)COP(=O)(N[C@@H](C)C(=O)OC(C)(C)C)Oc1ccccc1. The third-order valence-electron chi connectivity index (χ3n) is 6.07. The van der Waals surface area contributed by atoms with Gasteiger partial charge in [0.15, 0.2) is 5.82 Å². The molecule has 3 N–H and O–H groups in total. The normalized spacial score (nSPS) is 15.0. The molecule has 220 valence electrons. The molecule has 4 rings (SSSR count). The van der Waals surface area contributed by atoms with Gasteiger partial charge >= 0.3 is 13.7 Å². The number of nitrogens with two attached hydrogens (primary N) is 1. The molecule has 0 spiro atoms. The monoisotopic (exact) mass is 583 g/mol. The number of nitrogens with one attached hydrogen (secondary N) is 1. The van der Waals surface area contributed by atoms with Crippen LogP contribution in [-0.2, 0) is 30.0 Å². The smallest absolute Gasteiger partial charge is 0.459 e. The second kappa shape index (κ2) is 12.6. The molecule has 0 radical (unpaired) electrons. The largest absolute Gasteiger partial charge is 0.459 e. The van der Waals surface area contributed by atoms with E-state index in [0.29, 0.717) is 29.5 Å². The molecule has 4 aromatic rings. The Morgan fingerprint density at radius 2 is 1.76 bits per heavy atom. The summed E-state index contributed by atoms with van der Waals surface area (Å²) in [6.45, 7) is 11.3. The molecule has 0 bridgehead atoms. The first kappa shape index (κ1) is 30.5. The zero-order valence-electron chi connectivity index (χ0n) is 24.3. The Morgan fingerprint density at radius 1 is 1.07 bits per heavy atom. The van der Waals surface area contributed by atoms with E-state index in [0.717, 1.165) is 16.4 Å². The minimum absolute atomic E-state index is 0.0563. The summed E-state index contributed by atoms with van der Waals surface area (Å²) in [5.74, 6) is 0.661. The van der Waals surface area contributed by atoms with Crippen molar-refractivity contribution in [3.63, 3.8) is 0 Å². The van der Waals surface area contributed by atoms with Crippen LogP contribution in [0.1, 0.15) is 53.4 Å². The maximum Gasteiger partial charge on any atom is 0.459 e. The van der Waals surface area contributed by atoms with E-state index < -0.39 is 31.4 Å². The van der Waals surface area contributed by atoms with Crippen LogP contribution >= 0.6 is 7.75 Å². The van der Waals surface area contributed by atoms with Crippen molar-refractivity contribution in [2.75, 3.05) is 18.9 Å². The number of anilines is 1. The van der Waals surface area contributed by atoms with E-state index in [2.05, 4.69) is 10.1 Å². The molecule has 0 aliphatic rings. The third kappa shape index (κ3) is 7.42. The van der Waals surface area contributed by atoms with E-state index in [9.17, 15) is 9.36 Å². The number of hydrogen-bond donors (Lipinski definition) is 2. The third-order valence-corrected chi connectivity index (χ3v) is 7.71. The van der Waals surface area contributed by atoms with Crippen molar-refractivity contribution < 1.29 is 27.9 Å². The van der Waals surface area contributed by atoms with Gasteiger partial charge in [0.25, 0.3) is 0 Å². The fraction of sp³-hybridized carbons (Fsp3) is 0.414. The van der Waals surface area contributed by atoms with Crippen molar-refractivity contribution in [3.05, 3.63) is 60.4 Å². The Hall–Kier alpha value is -3.50. The van der Waals surface area contributed by atoms with E-state index in [1.54, 1.807) is 52.0 Å². The van der Waals surface area contributed by atoms with Gasteiger partial charge in [-0.25, -0.2) is 14.5 Å². The average Bonchev–Trinajstić information content (AvgIpc) is 3.31. The summed E-state index contributed by atoms with van der Waals surface area (Å²) >= 11 is 0. The summed E-state index contributed by atoms with van der Waals surface area (Å²) in [4.78, 5) is 22.0. The minimum Gasteiger partial charge on any atom is -0.459 e. The van der Waals surface area contributed by atoms with E-state index >= 15 is 0 Å². The maximum absolute atomic E-state index is 14.1. The van der Waals surface area contributed by atoms with E-state index in [4.69, 9.17) is 29.2 Å². The number of imidazole rings is 1. The number of rotatable bonds is 12. The lowest BCUT2D eigenvalue weighted by Crippen LogP contribution is -2.39. The fourth-order valence-corrected chi connectivity index (χ4v) is 5.88. The van der Waals surface area contributed by atoms with Crippen LogP contribution in [0.15, 0.2) is 54.6 Å². The number of nitrogens with zero attached hydrogens (tertiary/aromatic N) is 3. The molecule has 0 amide bonds. The van der Waals surface area contributed by atoms with Gasteiger partial charge < -0.3 is 24.3 Å². The van der Waals surface area contributed by atoms with Crippen LogP contribution in [0.3, 0.4) is 0 Å². The highest BCUT2D eigenvalue weighted by molar-refractivity contribution is 7.52. The average molecular weight is 584 g/mol. The van der Waals surface area contributed by atoms with Crippen molar-refractivity contribution >= 4 is 41.5 Å². The van der Waals surface area contributed by atoms with Crippen molar-refractivity contribution in [1.29, 1.82) is 0 Å². The molecular formula is C29H38N5O6P. The first-order chi connectivity index (χ1) is 19.4. The summed E-state index contributed by atoms with van der Waals surface area (Å²) in [5.41, 5.74) is 7.64. The van der Waals surface area contributed by atoms with Crippen molar-refractivity contribution in [1.82, 2.24) is 19.6 Å². The van der Waals surface area contributed by atoms with Crippen LogP contribution in [-0.4, -0.2) is 45.4 Å². The molecule has 0 saturated heterocycles. The predicted octanol–water partition coefficient (Wildman–Crippen LogP) is 5.79. The fourth-order valence-electron chi connectivity index (χ4n) is 4.31. The highest BCUT2D eigenvalue weighted by Gasteiger charge is 2.34. The molecular weight excluding hydrogens is 545 g/mol. The summed E-state index contributed by atoms with van der Waals surface area (Å²) in [7, 11) is -4.08. The number of para-hydroxylation sites is 2. The first-order valence-electron chi connectivity index (χ1n) is 13.5. The molecule has 12 heteroatoms. The lowest BCUT2D eigenvalue weighted by molar-refractivity contribution is -0.156. The van der Waals surface area contributed by atoms with Gasteiger partial charge in [0, 0.05) is 12.0 Å². The summed E-state index contributed by atoms with van der Waals surface area (Å²) in [6.07, 6.45) is 0. The van der Waals surface area contributed by atoms with Gasteiger partial charge in [-0.05, 0) is 59.7 Å². The Morgan fingerprint density at radius 3 is 2.44 bits per heavy atom. The van der Waals surface area contributed by atoms with Gasteiger partial charge in [0.1, 0.15) is 35.3 Å². The lowest BCUT2D eigenvalue weighted by atomic mass is 10.1. The number of carbonyl (C=O) groups excluding carboxylic acids is 1. The number of fused-ring (bicyclic) bond motifs is 3. The number of esters is 1. The predicted molar refractivity (Wildman–Crippen MR) is 159 cm³/mol.